The predicted octanol–water partition coefficient (Wildman–Crippen LogP) is 1.67. The van der Waals surface area contributed by atoms with E-state index in [-0.39, 0.29) is 30.9 Å². The molecular weight excluding hydrogens is 349 g/mol. The highest BCUT2D eigenvalue weighted by atomic mass is 19.1. The number of hydrogen-bond acceptors (Lipinski definition) is 4. The summed E-state index contributed by atoms with van der Waals surface area (Å²) in [6.07, 6.45) is 2.50. The van der Waals surface area contributed by atoms with Crippen molar-refractivity contribution >= 4 is 6.03 Å². The Morgan fingerprint density at radius 1 is 1.41 bits per heavy atom. The van der Waals surface area contributed by atoms with Crippen molar-refractivity contribution in [2.45, 2.75) is 32.0 Å². The number of amides is 2. The highest BCUT2D eigenvalue weighted by Crippen LogP contribution is 2.30. The molecule has 2 heterocycles. The van der Waals surface area contributed by atoms with E-state index in [0.29, 0.717) is 31.5 Å². The van der Waals surface area contributed by atoms with Crippen LogP contribution in [0.25, 0.3) is 0 Å². The predicted molar refractivity (Wildman–Crippen MR) is 99.0 cm³/mol. The first-order valence-corrected chi connectivity index (χ1v) is 9.15. The summed E-state index contributed by atoms with van der Waals surface area (Å²) < 4.78 is 15.7. The minimum Gasteiger partial charge on any atom is -0.387 e. The number of nitrogens with two attached hydrogens (primary N) is 1. The van der Waals surface area contributed by atoms with Gasteiger partial charge in [-0.1, -0.05) is 12.1 Å². The van der Waals surface area contributed by atoms with E-state index in [1.807, 2.05) is 6.07 Å². The van der Waals surface area contributed by atoms with E-state index in [0.717, 1.165) is 11.3 Å². The van der Waals surface area contributed by atoms with Crippen molar-refractivity contribution in [1.82, 2.24) is 20.0 Å². The van der Waals surface area contributed by atoms with Crippen LogP contribution < -0.4 is 11.1 Å². The first-order valence-electron chi connectivity index (χ1n) is 9.15. The maximum Gasteiger partial charge on any atom is 0.317 e. The van der Waals surface area contributed by atoms with Gasteiger partial charge in [-0.3, -0.25) is 4.68 Å². The molecule has 1 aliphatic heterocycles. The Bertz CT molecular complexity index is 786. The molecule has 4 N–H and O–H groups in total. The molecule has 0 bridgehead atoms. The second-order valence-corrected chi connectivity index (χ2v) is 6.94. The van der Waals surface area contributed by atoms with Crippen LogP contribution in [0.1, 0.15) is 35.8 Å². The molecule has 0 spiro atoms. The molecular formula is C19H26FN5O2. The number of aliphatic hydroxyl groups excluding tert-OH is 1. The van der Waals surface area contributed by atoms with Gasteiger partial charge >= 0.3 is 6.03 Å². The number of carbonyl (C=O) groups excluding carboxylic acids is 1. The number of aromatic nitrogens is 2. The molecule has 146 valence electrons. The molecule has 1 unspecified atom stereocenters. The Kier molecular flexibility index (Phi) is 6.08. The summed E-state index contributed by atoms with van der Waals surface area (Å²) in [6.45, 7) is 1.52. The zero-order valence-electron chi connectivity index (χ0n) is 15.4. The molecule has 1 saturated heterocycles. The van der Waals surface area contributed by atoms with Gasteiger partial charge < -0.3 is 21.1 Å². The normalized spacial score (nSPS) is 16.4. The summed E-state index contributed by atoms with van der Waals surface area (Å²) in [5, 5.41) is 17.4. The van der Waals surface area contributed by atoms with Crippen LogP contribution in [0.5, 0.6) is 0 Å². The molecule has 0 saturated carbocycles. The largest absolute Gasteiger partial charge is 0.387 e. The fourth-order valence-electron chi connectivity index (χ4n) is 3.48. The van der Waals surface area contributed by atoms with Crippen LogP contribution in [0.3, 0.4) is 0 Å². The van der Waals surface area contributed by atoms with Crippen LogP contribution in [-0.2, 0) is 20.1 Å². The lowest BCUT2D eigenvalue weighted by atomic mass is 9.89. The Labute approximate surface area is 158 Å². The third-order valence-electron chi connectivity index (χ3n) is 5.22. The van der Waals surface area contributed by atoms with Crippen LogP contribution in [0.2, 0.25) is 0 Å². The summed E-state index contributed by atoms with van der Waals surface area (Å²) in [6, 6.07) is 6.40. The molecule has 1 atom stereocenters. The summed E-state index contributed by atoms with van der Waals surface area (Å²) in [5.41, 5.74) is 7.43. The first-order chi connectivity index (χ1) is 13.0. The number of likely N-dealkylation sites (tertiary alicyclic amines) is 1. The van der Waals surface area contributed by atoms with Crippen molar-refractivity contribution in [2.75, 3.05) is 13.1 Å². The van der Waals surface area contributed by atoms with Gasteiger partial charge in [-0.25, -0.2) is 9.18 Å². The van der Waals surface area contributed by atoms with Crippen LogP contribution in [0.4, 0.5) is 9.18 Å². The molecule has 0 radical (unpaired) electrons. The van der Waals surface area contributed by atoms with E-state index in [1.165, 1.54) is 6.07 Å². The molecule has 2 amide bonds. The number of aryl methyl sites for hydroxylation is 1. The van der Waals surface area contributed by atoms with Crippen LogP contribution in [0.15, 0.2) is 30.5 Å². The Morgan fingerprint density at radius 2 is 2.15 bits per heavy atom. The summed E-state index contributed by atoms with van der Waals surface area (Å²) >= 11 is 0. The molecule has 8 heteroatoms. The number of nitrogens with zero attached hydrogens (tertiary/aromatic N) is 3. The van der Waals surface area contributed by atoms with Gasteiger partial charge in [0.15, 0.2) is 0 Å². The van der Waals surface area contributed by atoms with Gasteiger partial charge in [-0.15, -0.1) is 0 Å². The number of urea groups is 1. The van der Waals surface area contributed by atoms with Crippen LogP contribution in [0, 0.1) is 11.7 Å². The van der Waals surface area contributed by atoms with Crippen molar-refractivity contribution in [2.24, 2.45) is 18.7 Å². The molecule has 27 heavy (non-hydrogen) atoms. The number of rotatable bonds is 5. The van der Waals surface area contributed by atoms with E-state index in [2.05, 4.69) is 10.4 Å². The summed E-state index contributed by atoms with van der Waals surface area (Å²) in [7, 11) is 1.81. The first kappa shape index (κ1) is 19.3. The van der Waals surface area contributed by atoms with Crippen molar-refractivity contribution in [3.63, 3.8) is 0 Å². The van der Waals surface area contributed by atoms with Crippen molar-refractivity contribution in [1.29, 1.82) is 0 Å². The maximum atomic E-state index is 14.0. The molecule has 1 aliphatic rings. The third-order valence-corrected chi connectivity index (χ3v) is 5.22. The number of hydrogen-bond donors (Lipinski definition) is 3. The number of halogens is 1. The van der Waals surface area contributed by atoms with Gasteiger partial charge in [0.1, 0.15) is 5.82 Å². The number of piperidine rings is 1. The van der Waals surface area contributed by atoms with E-state index in [1.54, 1.807) is 35.0 Å². The lowest BCUT2D eigenvalue weighted by molar-refractivity contribution is 0.0608. The number of nitrogens with one attached hydrogen (secondary N) is 1. The van der Waals surface area contributed by atoms with Gasteiger partial charge in [0.25, 0.3) is 0 Å². The smallest absolute Gasteiger partial charge is 0.317 e. The van der Waals surface area contributed by atoms with Crippen LogP contribution >= 0.6 is 0 Å². The fraction of sp³-hybridized carbons (Fsp3) is 0.474. The zero-order chi connectivity index (χ0) is 19.4. The quantitative estimate of drug-likeness (QED) is 0.741. The minimum absolute atomic E-state index is 0.0886. The molecule has 0 aliphatic carbocycles. The van der Waals surface area contributed by atoms with E-state index >= 15 is 0 Å². The molecule has 3 rings (SSSR count). The van der Waals surface area contributed by atoms with Gasteiger partial charge in [-0.2, -0.15) is 5.10 Å². The maximum absolute atomic E-state index is 14.0. The van der Waals surface area contributed by atoms with Crippen molar-refractivity contribution < 1.29 is 14.3 Å². The molecule has 7 nitrogen and oxygen atoms in total. The molecule has 1 fully saturated rings. The van der Waals surface area contributed by atoms with Gasteiger partial charge in [-0.05, 0) is 36.5 Å². The fourth-order valence-corrected chi connectivity index (χ4v) is 3.48. The van der Waals surface area contributed by atoms with Crippen molar-refractivity contribution in [3.8, 4) is 0 Å². The highest BCUT2D eigenvalue weighted by Gasteiger charge is 2.29. The Balaban J connectivity index is 1.49. The lowest BCUT2D eigenvalue weighted by Gasteiger charge is -2.34. The van der Waals surface area contributed by atoms with Gasteiger partial charge in [0, 0.05) is 45.0 Å². The average Bonchev–Trinajstić information content (AvgIpc) is 3.12. The zero-order valence-corrected chi connectivity index (χ0v) is 15.4. The summed E-state index contributed by atoms with van der Waals surface area (Å²) in [5.74, 6) is -0.276. The molecule has 1 aromatic heterocycles. The average molecular weight is 375 g/mol. The Morgan fingerprint density at radius 3 is 2.74 bits per heavy atom. The van der Waals surface area contributed by atoms with E-state index < -0.39 is 6.10 Å². The van der Waals surface area contributed by atoms with Gasteiger partial charge in [0.2, 0.25) is 0 Å². The van der Waals surface area contributed by atoms with Gasteiger partial charge in [0.05, 0.1) is 11.8 Å². The Hall–Kier alpha value is -2.45. The molecule has 1 aromatic carbocycles. The number of carbonyl (C=O) groups is 1. The second-order valence-electron chi connectivity index (χ2n) is 6.94. The number of aliphatic hydroxyl groups is 1. The SMILES string of the molecule is Cn1nccc1C(O)C1CCN(C(=O)NCc2ccc(CN)cc2F)CC1. The monoisotopic (exact) mass is 375 g/mol. The van der Waals surface area contributed by atoms with E-state index in [9.17, 15) is 14.3 Å². The third kappa shape index (κ3) is 4.45. The van der Waals surface area contributed by atoms with Crippen LogP contribution in [-0.4, -0.2) is 38.9 Å². The van der Waals surface area contributed by atoms with E-state index in [4.69, 9.17) is 5.73 Å². The standard InChI is InChI=1S/C19H26FN5O2/c1-24-17(4-7-23-24)18(26)14-5-8-25(9-6-14)19(27)22-12-15-3-2-13(11-21)10-16(15)20/h2-4,7,10,14,18,26H,5-6,8-9,11-12,21H2,1H3,(H,22,27). The lowest BCUT2D eigenvalue weighted by Crippen LogP contribution is -2.45. The van der Waals surface area contributed by atoms with Crippen molar-refractivity contribution in [3.05, 3.63) is 53.1 Å². The minimum atomic E-state index is -0.585. The molecule has 2 aromatic rings. The topological polar surface area (TPSA) is 96.4 Å². The summed E-state index contributed by atoms with van der Waals surface area (Å²) in [4.78, 5) is 14.1. The second kappa shape index (κ2) is 8.49. The number of benzene rings is 1. The highest BCUT2D eigenvalue weighted by molar-refractivity contribution is 5.74.